The lowest BCUT2D eigenvalue weighted by molar-refractivity contribution is 0.00578. The van der Waals surface area contributed by atoms with Crippen molar-refractivity contribution >= 4 is 25.8 Å². The van der Waals surface area contributed by atoms with Crippen LogP contribution in [-0.4, -0.2) is 24.1 Å². The van der Waals surface area contributed by atoms with Crippen LogP contribution >= 0.6 is 12.6 Å². The molecule has 1 aromatic rings. The Hall–Kier alpha value is -0.985. The summed E-state index contributed by atoms with van der Waals surface area (Å²) in [6.45, 7) is 7.25. The van der Waals surface area contributed by atoms with Crippen LogP contribution in [0.1, 0.15) is 33.3 Å². The third-order valence-electron chi connectivity index (χ3n) is 4.21. The third-order valence-corrected chi connectivity index (χ3v) is 4.58. The molecule has 0 amide bonds. The van der Waals surface area contributed by atoms with Crippen LogP contribution in [0.3, 0.4) is 0 Å². The van der Waals surface area contributed by atoms with E-state index in [0.29, 0.717) is 0 Å². The highest BCUT2D eigenvalue weighted by molar-refractivity contribution is 7.80. The van der Waals surface area contributed by atoms with Gasteiger partial charge in [0.15, 0.2) is 23.3 Å². The minimum absolute atomic E-state index is 0.0356. The van der Waals surface area contributed by atoms with Gasteiger partial charge in [-0.15, -0.1) is 0 Å². The van der Waals surface area contributed by atoms with Gasteiger partial charge in [-0.1, -0.05) is 6.08 Å². The van der Waals surface area contributed by atoms with Gasteiger partial charge in [0.25, 0.3) is 0 Å². The van der Waals surface area contributed by atoms with E-state index in [0.717, 1.165) is 6.08 Å². The van der Waals surface area contributed by atoms with Gasteiger partial charge >= 0.3 is 7.12 Å². The molecule has 0 saturated carbocycles. The maximum absolute atomic E-state index is 13.8. The SMILES string of the molecule is CC1(C)OB(C(=Cc2c(F)c(F)cc(F)c2F)CS)OC1(C)C. The second-order valence-corrected chi connectivity index (χ2v) is 6.66. The molecule has 0 atom stereocenters. The van der Waals surface area contributed by atoms with Crippen LogP contribution in [0.4, 0.5) is 17.6 Å². The fourth-order valence-corrected chi connectivity index (χ4v) is 2.33. The lowest BCUT2D eigenvalue weighted by Crippen LogP contribution is -2.41. The highest BCUT2D eigenvalue weighted by atomic mass is 32.1. The van der Waals surface area contributed by atoms with E-state index in [1.165, 1.54) is 0 Å². The Bertz CT molecular complexity index is 619. The van der Waals surface area contributed by atoms with Crippen LogP contribution in [0.15, 0.2) is 11.5 Å². The standard InChI is InChI=1S/C15H17BF4O2S/c1-14(2)15(3,4)22-16(21-14)8(7-23)5-9-12(19)10(17)6-11(18)13(9)20/h5-6,23H,7H2,1-4H3. The van der Waals surface area contributed by atoms with E-state index in [-0.39, 0.29) is 17.3 Å². The Morgan fingerprint density at radius 2 is 1.48 bits per heavy atom. The predicted octanol–water partition coefficient (Wildman–Crippen LogP) is 4.19. The van der Waals surface area contributed by atoms with Gasteiger partial charge in [0.05, 0.1) is 16.8 Å². The molecule has 0 spiro atoms. The monoisotopic (exact) mass is 348 g/mol. The van der Waals surface area contributed by atoms with Crippen molar-refractivity contribution in [2.24, 2.45) is 0 Å². The normalized spacial score (nSPS) is 20.2. The second kappa shape index (κ2) is 6.14. The van der Waals surface area contributed by atoms with Crippen molar-refractivity contribution in [2.75, 3.05) is 5.75 Å². The molecule has 0 bridgehead atoms. The molecular formula is C15H17BF4O2S. The first-order valence-electron chi connectivity index (χ1n) is 7.00. The van der Waals surface area contributed by atoms with E-state index in [4.69, 9.17) is 9.31 Å². The number of halogens is 4. The van der Waals surface area contributed by atoms with Gasteiger partial charge in [-0.25, -0.2) is 17.6 Å². The van der Waals surface area contributed by atoms with Crippen molar-refractivity contribution in [1.82, 2.24) is 0 Å². The molecule has 23 heavy (non-hydrogen) atoms. The Balaban J connectivity index is 2.46. The van der Waals surface area contributed by atoms with Crippen molar-refractivity contribution in [2.45, 2.75) is 38.9 Å². The molecule has 8 heteroatoms. The maximum Gasteiger partial charge on any atom is 0.491 e. The molecular weight excluding hydrogens is 331 g/mol. The number of thiol groups is 1. The second-order valence-electron chi connectivity index (χ2n) is 6.35. The largest absolute Gasteiger partial charge is 0.491 e. The first kappa shape index (κ1) is 18.4. The summed E-state index contributed by atoms with van der Waals surface area (Å²) >= 11 is 4.09. The molecule has 0 radical (unpaired) electrons. The van der Waals surface area contributed by atoms with Gasteiger partial charge < -0.3 is 9.31 Å². The van der Waals surface area contributed by atoms with Crippen LogP contribution in [0.2, 0.25) is 0 Å². The van der Waals surface area contributed by atoms with Gasteiger partial charge in [-0.2, -0.15) is 12.6 Å². The summed E-state index contributed by atoms with van der Waals surface area (Å²) < 4.78 is 65.7. The first-order valence-corrected chi connectivity index (χ1v) is 7.63. The number of hydrogen-bond acceptors (Lipinski definition) is 3. The van der Waals surface area contributed by atoms with Crippen LogP contribution in [0.25, 0.3) is 6.08 Å². The molecule has 1 aliphatic rings. The molecule has 1 saturated heterocycles. The molecule has 0 aromatic heterocycles. The van der Waals surface area contributed by atoms with Crippen molar-refractivity contribution < 1.29 is 26.9 Å². The average Bonchev–Trinajstić information content (AvgIpc) is 2.65. The molecule has 1 aromatic carbocycles. The molecule has 0 aliphatic carbocycles. The summed E-state index contributed by atoms with van der Waals surface area (Å²) in [7, 11) is -0.914. The topological polar surface area (TPSA) is 18.5 Å². The Labute approximate surface area is 138 Å². The van der Waals surface area contributed by atoms with Crippen molar-refractivity contribution in [3.8, 4) is 0 Å². The zero-order valence-corrected chi connectivity index (χ0v) is 14.1. The van der Waals surface area contributed by atoms with E-state index in [1.807, 2.05) is 27.7 Å². The maximum atomic E-state index is 13.8. The predicted molar refractivity (Wildman–Crippen MR) is 84.2 cm³/mol. The summed E-state index contributed by atoms with van der Waals surface area (Å²) in [4.78, 5) is 0. The number of benzene rings is 1. The Morgan fingerprint density at radius 3 is 1.87 bits per heavy atom. The minimum atomic E-state index is -1.47. The highest BCUT2D eigenvalue weighted by Gasteiger charge is 2.52. The van der Waals surface area contributed by atoms with E-state index in [1.54, 1.807) is 0 Å². The van der Waals surface area contributed by atoms with Gasteiger partial charge in [-0.05, 0) is 33.2 Å². The lowest BCUT2D eigenvalue weighted by atomic mass is 9.78. The minimum Gasteiger partial charge on any atom is -0.400 e. The third kappa shape index (κ3) is 3.30. The molecule has 1 fully saturated rings. The number of hydrogen-bond donors (Lipinski definition) is 1. The lowest BCUT2D eigenvalue weighted by Gasteiger charge is -2.32. The zero-order chi connectivity index (χ0) is 17.6. The first-order chi connectivity index (χ1) is 10.5. The Kier molecular flexibility index (Phi) is 4.90. The summed E-state index contributed by atoms with van der Waals surface area (Å²) in [6, 6.07) is 0.164. The van der Waals surface area contributed by atoms with Crippen molar-refractivity contribution in [3.63, 3.8) is 0 Å². The zero-order valence-electron chi connectivity index (χ0n) is 13.2. The summed E-state index contributed by atoms with van der Waals surface area (Å²) in [5.41, 5.74) is -1.88. The molecule has 126 valence electrons. The van der Waals surface area contributed by atoms with Gasteiger partial charge in [0, 0.05) is 11.8 Å². The van der Waals surface area contributed by atoms with Crippen LogP contribution in [0, 0.1) is 23.3 Å². The summed E-state index contributed by atoms with van der Waals surface area (Å²) in [6.07, 6.45) is 0.978. The van der Waals surface area contributed by atoms with Crippen molar-refractivity contribution in [3.05, 3.63) is 40.4 Å². The fourth-order valence-electron chi connectivity index (χ4n) is 2.09. The molecule has 0 unspecified atom stereocenters. The smallest absolute Gasteiger partial charge is 0.400 e. The fraction of sp³-hybridized carbons (Fsp3) is 0.467. The summed E-state index contributed by atoms with van der Waals surface area (Å²) in [5, 5.41) is 0. The van der Waals surface area contributed by atoms with Crippen LogP contribution < -0.4 is 0 Å². The average molecular weight is 348 g/mol. The summed E-state index contributed by atoms with van der Waals surface area (Å²) in [5.74, 6) is -5.85. The van der Waals surface area contributed by atoms with Gasteiger partial charge in [0.1, 0.15) is 0 Å². The van der Waals surface area contributed by atoms with E-state index < -0.39 is 47.2 Å². The molecule has 1 heterocycles. The van der Waals surface area contributed by atoms with Crippen LogP contribution in [-0.2, 0) is 9.31 Å². The Morgan fingerprint density at radius 1 is 1.04 bits per heavy atom. The highest BCUT2D eigenvalue weighted by Crippen LogP contribution is 2.39. The van der Waals surface area contributed by atoms with Crippen LogP contribution in [0.5, 0.6) is 0 Å². The van der Waals surface area contributed by atoms with Crippen molar-refractivity contribution in [1.29, 1.82) is 0 Å². The molecule has 2 rings (SSSR count). The quantitative estimate of drug-likeness (QED) is 0.382. The van der Waals surface area contributed by atoms with E-state index in [9.17, 15) is 17.6 Å². The van der Waals surface area contributed by atoms with Gasteiger partial charge in [-0.3, -0.25) is 0 Å². The molecule has 2 nitrogen and oxygen atoms in total. The van der Waals surface area contributed by atoms with E-state index >= 15 is 0 Å². The molecule has 0 N–H and O–H groups in total. The number of rotatable bonds is 3. The van der Waals surface area contributed by atoms with Gasteiger partial charge in [0.2, 0.25) is 0 Å². The molecule has 1 aliphatic heterocycles. The van der Waals surface area contributed by atoms with E-state index in [2.05, 4.69) is 12.6 Å².